The first-order chi connectivity index (χ1) is 14.7. The van der Waals surface area contributed by atoms with Crippen molar-refractivity contribution in [2.45, 2.75) is 51.7 Å². The number of nitrogens with zero attached hydrogens (tertiary/aromatic N) is 3. The third-order valence-electron chi connectivity index (χ3n) is 6.27. The van der Waals surface area contributed by atoms with Gasteiger partial charge in [-0.2, -0.15) is 5.10 Å². The Labute approximate surface area is 177 Å². The van der Waals surface area contributed by atoms with Gasteiger partial charge in [0.25, 0.3) is 5.91 Å². The quantitative estimate of drug-likeness (QED) is 0.706. The summed E-state index contributed by atoms with van der Waals surface area (Å²) >= 11 is 0. The van der Waals surface area contributed by atoms with E-state index in [-0.39, 0.29) is 11.9 Å². The Morgan fingerprint density at radius 1 is 1.10 bits per heavy atom. The van der Waals surface area contributed by atoms with Crippen LogP contribution in [0.15, 0.2) is 54.6 Å². The molecular weight excluding hydrogens is 372 g/mol. The maximum Gasteiger partial charge on any atom is 0.251 e. The molecule has 0 bridgehead atoms. The first-order valence-electron chi connectivity index (χ1n) is 10.9. The Bertz CT molecular complexity index is 1050. The summed E-state index contributed by atoms with van der Waals surface area (Å²) in [6, 6.07) is 18.8. The Balaban J connectivity index is 1.26. The van der Waals surface area contributed by atoms with Crippen molar-refractivity contribution in [3.05, 3.63) is 82.5 Å². The second-order valence-corrected chi connectivity index (χ2v) is 8.46. The first kappa shape index (κ1) is 18.9. The molecule has 3 aromatic rings. The predicted molar refractivity (Wildman–Crippen MR) is 119 cm³/mol. The molecule has 154 valence electrons. The molecular formula is C25H28N4O. The van der Waals surface area contributed by atoms with E-state index in [1.54, 1.807) is 0 Å². The van der Waals surface area contributed by atoms with Crippen LogP contribution in [0.4, 0.5) is 5.82 Å². The van der Waals surface area contributed by atoms with Crippen LogP contribution in [0.3, 0.4) is 0 Å². The molecule has 0 fully saturated rings. The van der Waals surface area contributed by atoms with Gasteiger partial charge < -0.3 is 10.2 Å². The summed E-state index contributed by atoms with van der Waals surface area (Å²) in [7, 11) is 0. The van der Waals surface area contributed by atoms with Crippen LogP contribution in [0.5, 0.6) is 0 Å². The van der Waals surface area contributed by atoms with Crippen LogP contribution in [-0.2, 0) is 19.5 Å². The van der Waals surface area contributed by atoms with E-state index in [9.17, 15) is 4.79 Å². The monoisotopic (exact) mass is 400 g/mol. The number of hydrogen-bond acceptors (Lipinski definition) is 3. The van der Waals surface area contributed by atoms with Gasteiger partial charge >= 0.3 is 0 Å². The van der Waals surface area contributed by atoms with Gasteiger partial charge in [0.15, 0.2) is 0 Å². The summed E-state index contributed by atoms with van der Waals surface area (Å²) in [6.45, 7) is 4.90. The zero-order valence-corrected chi connectivity index (χ0v) is 17.5. The van der Waals surface area contributed by atoms with E-state index in [1.165, 1.54) is 22.5 Å². The fourth-order valence-corrected chi connectivity index (χ4v) is 4.76. The molecule has 1 N–H and O–H groups in total. The lowest BCUT2D eigenvalue weighted by Gasteiger charge is -2.29. The standard InChI is InChI=1S/C25H28N4O/c1-18-16-24-28(14-5-15-29(24)27-18)17-19-10-12-21(13-11-19)25(30)26-23-9-4-7-20-6-2-3-8-22(20)23/h2-3,6,8,10-13,16,23H,4-5,7,9,14-15,17H2,1H3,(H,26,30). The minimum atomic E-state index is 0.00919. The van der Waals surface area contributed by atoms with Crippen LogP contribution < -0.4 is 10.2 Å². The number of anilines is 1. The SMILES string of the molecule is Cc1cc2n(n1)CCCN2Cc1ccc(C(=O)NC2CCCc3ccccc32)cc1. The molecule has 0 spiro atoms. The van der Waals surface area contributed by atoms with Crippen LogP contribution >= 0.6 is 0 Å². The number of fused-ring (bicyclic) bond motifs is 2. The van der Waals surface area contributed by atoms with Crippen LogP contribution in [0.2, 0.25) is 0 Å². The lowest BCUT2D eigenvalue weighted by molar-refractivity contribution is 0.0932. The number of nitrogens with one attached hydrogen (secondary N) is 1. The van der Waals surface area contributed by atoms with Crippen molar-refractivity contribution in [3.8, 4) is 0 Å². The fourth-order valence-electron chi connectivity index (χ4n) is 4.76. The van der Waals surface area contributed by atoms with Crippen LogP contribution in [0, 0.1) is 6.92 Å². The molecule has 2 heterocycles. The molecule has 1 aliphatic carbocycles. The van der Waals surface area contributed by atoms with E-state index in [1.807, 2.05) is 19.1 Å². The van der Waals surface area contributed by atoms with Gasteiger partial charge in [-0.25, -0.2) is 4.68 Å². The van der Waals surface area contributed by atoms with E-state index < -0.39 is 0 Å². The zero-order valence-electron chi connectivity index (χ0n) is 17.5. The summed E-state index contributed by atoms with van der Waals surface area (Å²) in [5.74, 6) is 1.20. The molecule has 2 aromatic carbocycles. The largest absolute Gasteiger partial charge is 0.352 e. The molecule has 0 saturated heterocycles. The van der Waals surface area contributed by atoms with Crippen molar-refractivity contribution >= 4 is 11.7 Å². The Hall–Kier alpha value is -3.08. The fraction of sp³-hybridized carbons (Fsp3) is 0.360. The Morgan fingerprint density at radius 2 is 1.93 bits per heavy atom. The summed E-state index contributed by atoms with van der Waals surface area (Å²) in [5, 5.41) is 7.82. The lowest BCUT2D eigenvalue weighted by atomic mass is 9.87. The maximum absolute atomic E-state index is 12.9. The van der Waals surface area contributed by atoms with E-state index >= 15 is 0 Å². The van der Waals surface area contributed by atoms with Crippen LogP contribution in [0.25, 0.3) is 0 Å². The molecule has 5 nitrogen and oxygen atoms in total. The smallest absolute Gasteiger partial charge is 0.251 e. The number of carbonyl (C=O) groups is 1. The Morgan fingerprint density at radius 3 is 2.80 bits per heavy atom. The van der Waals surface area contributed by atoms with E-state index in [0.29, 0.717) is 0 Å². The predicted octanol–water partition coefficient (Wildman–Crippen LogP) is 4.41. The highest BCUT2D eigenvalue weighted by Gasteiger charge is 2.22. The highest BCUT2D eigenvalue weighted by Crippen LogP contribution is 2.30. The molecule has 5 rings (SSSR count). The van der Waals surface area contributed by atoms with Gasteiger partial charge in [-0.05, 0) is 61.4 Å². The van der Waals surface area contributed by atoms with Gasteiger partial charge in [0, 0.05) is 31.3 Å². The third-order valence-corrected chi connectivity index (χ3v) is 6.27. The molecule has 1 amide bonds. The zero-order chi connectivity index (χ0) is 20.5. The normalized spacial score (nSPS) is 17.9. The van der Waals surface area contributed by atoms with Gasteiger partial charge in [-0.1, -0.05) is 36.4 Å². The van der Waals surface area contributed by atoms with Gasteiger partial charge in [0.2, 0.25) is 0 Å². The molecule has 1 aliphatic heterocycles. The molecule has 2 aliphatic rings. The van der Waals surface area contributed by atoms with Crippen molar-refractivity contribution in [1.29, 1.82) is 0 Å². The van der Waals surface area contributed by atoms with E-state index in [0.717, 1.165) is 56.6 Å². The van der Waals surface area contributed by atoms with Crippen molar-refractivity contribution in [1.82, 2.24) is 15.1 Å². The number of aromatic nitrogens is 2. The average molecular weight is 401 g/mol. The third kappa shape index (κ3) is 3.72. The van der Waals surface area contributed by atoms with Crippen molar-refractivity contribution in [2.24, 2.45) is 0 Å². The summed E-state index contributed by atoms with van der Waals surface area (Å²) in [6.07, 6.45) is 4.33. The number of amides is 1. The van der Waals surface area contributed by atoms with E-state index in [4.69, 9.17) is 0 Å². The summed E-state index contributed by atoms with van der Waals surface area (Å²) in [4.78, 5) is 15.2. The number of benzene rings is 2. The van der Waals surface area contributed by atoms with E-state index in [2.05, 4.69) is 62.5 Å². The molecule has 1 atom stereocenters. The number of rotatable bonds is 4. The second-order valence-electron chi connectivity index (χ2n) is 8.46. The molecule has 30 heavy (non-hydrogen) atoms. The molecule has 1 unspecified atom stereocenters. The lowest BCUT2D eigenvalue weighted by Crippen LogP contribution is -2.32. The van der Waals surface area contributed by atoms with Gasteiger partial charge in [0.05, 0.1) is 11.7 Å². The maximum atomic E-state index is 12.9. The van der Waals surface area contributed by atoms with Crippen molar-refractivity contribution < 1.29 is 4.79 Å². The van der Waals surface area contributed by atoms with Crippen LogP contribution in [-0.4, -0.2) is 22.2 Å². The van der Waals surface area contributed by atoms with Crippen molar-refractivity contribution in [2.75, 3.05) is 11.4 Å². The van der Waals surface area contributed by atoms with Crippen molar-refractivity contribution in [3.63, 3.8) is 0 Å². The summed E-state index contributed by atoms with van der Waals surface area (Å²) < 4.78 is 2.10. The van der Waals surface area contributed by atoms with Gasteiger partial charge in [-0.15, -0.1) is 0 Å². The summed E-state index contributed by atoms with van der Waals surface area (Å²) in [5.41, 5.74) is 5.63. The number of hydrogen-bond donors (Lipinski definition) is 1. The number of aryl methyl sites for hydroxylation is 3. The number of carbonyl (C=O) groups excluding carboxylic acids is 1. The Kier molecular flexibility index (Phi) is 5.03. The molecule has 0 radical (unpaired) electrons. The van der Waals surface area contributed by atoms with Crippen LogP contribution in [0.1, 0.15) is 58.0 Å². The molecule has 0 saturated carbocycles. The minimum absolute atomic E-state index is 0.00919. The topological polar surface area (TPSA) is 50.2 Å². The first-order valence-corrected chi connectivity index (χ1v) is 10.9. The van der Waals surface area contributed by atoms with Gasteiger partial charge in [0.1, 0.15) is 5.82 Å². The second kappa shape index (κ2) is 7.98. The average Bonchev–Trinajstić information content (AvgIpc) is 3.16. The molecule has 1 aromatic heterocycles. The minimum Gasteiger partial charge on any atom is -0.352 e. The van der Waals surface area contributed by atoms with Gasteiger partial charge in [-0.3, -0.25) is 4.79 Å². The highest BCUT2D eigenvalue weighted by atomic mass is 16.1. The highest BCUT2D eigenvalue weighted by molar-refractivity contribution is 5.94. The molecule has 5 heteroatoms.